The van der Waals surface area contributed by atoms with Gasteiger partial charge >= 0.3 is 6.09 Å². The maximum atomic E-state index is 11.4. The highest BCUT2D eigenvalue weighted by Crippen LogP contribution is 2.50. The van der Waals surface area contributed by atoms with E-state index in [2.05, 4.69) is 10.2 Å². The summed E-state index contributed by atoms with van der Waals surface area (Å²) in [5.74, 6) is 4.37. The van der Waals surface area contributed by atoms with Gasteiger partial charge in [-0.25, -0.2) is 9.79 Å². The van der Waals surface area contributed by atoms with E-state index in [1.165, 1.54) is 43.5 Å². The van der Waals surface area contributed by atoms with Crippen molar-refractivity contribution in [2.24, 2.45) is 22.7 Å². The van der Waals surface area contributed by atoms with Crippen molar-refractivity contribution >= 4 is 17.6 Å². The van der Waals surface area contributed by atoms with Gasteiger partial charge in [-0.1, -0.05) is 0 Å². The van der Waals surface area contributed by atoms with Crippen molar-refractivity contribution in [1.29, 1.82) is 0 Å². The van der Waals surface area contributed by atoms with Crippen molar-refractivity contribution in [3.8, 4) is 5.75 Å². The van der Waals surface area contributed by atoms with Crippen LogP contribution in [0.3, 0.4) is 0 Å². The highest BCUT2D eigenvalue weighted by molar-refractivity contribution is 5.90. The summed E-state index contributed by atoms with van der Waals surface area (Å²) in [5, 5.41) is 2.49. The van der Waals surface area contributed by atoms with E-state index in [1.54, 1.807) is 7.05 Å². The first-order chi connectivity index (χ1) is 11.7. The molecule has 126 valence electrons. The van der Waals surface area contributed by atoms with Gasteiger partial charge in [0.1, 0.15) is 11.6 Å². The Morgan fingerprint density at radius 2 is 2.00 bits per heavy atom. The predicted molar refractivity (Wildman–Crippen MR) is 91.5 cm³/mol. The summed E-state index contributed by atoms with van der Waals surface area (Å²) < 4.78 is 5.28. The summed E-state index contributed by atoms with van der Waals surface area (Å²) in [4.78, 5) is 19.1. The van der Waals surface area contributed by atoms with Crippen LogP contribution in [0.25, 0.3) is 0 Å². The van der Waals surface area contributed by atoms with Gasteiger partial charge in [0, 0.05) is 31.1 Å². The summed E-state index contributed by atoms with van der Waals surface area (Å²) in [6.45, 7) is 0.902. The van der Waals surface area contributed by atoms with Crippen LogP contribution in [0, 0.1) is 17.8 Å². The standard InChI is InChI=1S/C19H23N3O2/c1-20-19(23)24-16-2-3-17-14(9-16)10-22-15-7-11-4-12(8-15)6-13(5-11)18(22)21-17/h2-3,9,11-13,15H,4-8,10H2,1H3,(H,20,23). The van der Waals surface area contributed by atoms with Gasteiger partial charge in [0.15, 0.2) is 0 Å². The Kier molecular flexibility index (Phi) is 3.12. The van der Waals surface area contributed by atoms with Crippen LogP contribution in [0.1, 0.15) is 37.7 Å². The summed E-state index contributed by atoms with van der Waals surface area (Å²) in [5.41, 5.74) is 2.22. The molecule has 3 aliphatic heterocycles. The van der Waals surface area contributed by atoms with Gasteiger partial charge in [-0.3, -0.25) is 0 Å². The number of fused-ring (bicyclic) bond motifs is 1. The number of carbonyl (C=O) groups excluding carboxylic acids is 1. The van der Waals surface area contributed by atoms with Crippen LogP contribution in [0.2, 0.25) is 0 Å². The fourth-order valence-corrected chi connectivity index (χ4v) is 5.39. The molecule has 2 unspecified atom stereocenters. The SMILES string of the molecule is CNC(=O)Oc1ccc2c(c1)CN1C(=N2)C2CC3CC(C2)CC1C3. The highest BCUT2D eigenvalue weighted by Gasteiger charge is 2.46. The van der Waals surface area contributed by atoms with Gasteiger partial charge in [0.2, 0.25) is 0 Å². The van der Waals surface area contributed by atoms with E-state index in [0.717, 1.165) is 24.1 Å². The number of hydrogen-bond acceptors (Lipinski definition) is 4. The molecule has 2 saturated carbocycles. The van der Waals surface area contributed by atoms with E-state index < -0.39 is 6.09 Å². The number of amidine groups is 1. The van der Waals surface area contributed by atoms with Crippen molar-refractivity contribution in [1.82, 2.24) is 10.2 Å². The summed E-state index contributed by atoms with van der Waals surface area (Å²) >= 11 is 0. The number of nitrogens with zero attached hydrogens (tertiary/aromatic N) is 2. The first-order valence-electron chi connectivity index (χ1n) is 9.07. The molecule has 0 spiro atoms. The largest absolute Gasteiger partial charge is 0.412 e. The van der Waals surface area contributed by atoms with Gasteiger partial charge in [-0.15, -0.1) is 0 Å². The molecule has 0 radical (unpaired) electrons. The van der Waals surface area contributed by atoms with Crippen molar-refractivity contribution in [2.75, 3.05) is 7.05 Å². The first kappa shape index (κ1) is 14.3. The number of hydrogen-bond donors (Lipinski definition) is 1. The summed E-state index contributed by atoms with van der Waals surface area (Å²) in [7, 11) is 1.57. The lowest BCUT2D eigenvalue weighted by Crippen LogP contribution is -2.41. The topological polar surface area (TPSA) is 53.9 Å². The molecule has 4 bridgehead atoms. The molecule has 1 aromatic carbocycles. The molecule has 1 aromatic rings. The average Bonchev–Trinajstić information content (AvgIpc) is 2.74. The molecule has 1 N–H and O–H groups in total. The second kappa shape index (κ2) is 5.23. The number of benzene rings is 1. The zero-order valence-corrected chi connectivity index (χ0v) is 14.0. The lowest BCUT2D eigenvalue weighted by molar-refractivity contribution is 0.128. The molecular formula is C19H23N3O2. The Balaban J connectivity index is 1.50. The second-order valence-corrected chi connectivity index (χ2v) is 7.79. The molecule has 24 heavy (non-hydrogen) atoms. The van der Waals surface area contributed by atoms with Crippen molar-refractivity contribution in [3.05, 3.63) is 23.8 Å². The summed E-state index contributed by atoms with van der Waals surface area (Å²) in [6, 6.07) is 6.46. The molecule has 5 heteroatoms. The van der Waals surface area contributed by atoms with Crippen LogP contribution in [-0.2, 0) is 6.54 Å². The van der Waals surface area contributed by atoms with Crippen molar-refractivity contribution < 1.29 is 9.53 Å². The maximum Gasteiger partial charge on any atom is 0.412 e. The van der Waals surface area contributed by atoms with Crippen LogP contribution in [0.5, 0.6) is 5.75 Å². The van der Waals surface area contributed by atoms with Gasteiger partial charge < -0.3 is 15.0 Å². The lowest BCUT2D eigenvalue weighted by Gasteiger charge is -2.39. The number of carbonyl (C=O) groups is 1. The van der Waals surface area contributed by atoms with Crippen LogP contribution >= 0.6 is 0 Å². The minimum absolute atomic E-state index is 0.430. The minimum atomic E-state index is -0.430. The Morgan fingerprint density at radius 1 is 1.21 bits per heavy atom. The fourth-order valence-electron chi connectivity index (χ4n) is 5.39. The third kappa shape index (κ3) is 2.21. The Labute approximate surface area is 142 Å². The number of amides is 1. The van der Waals surface area contributed by atoms with Gasteiger partial charge in [-0.2, -0.15) is 0 Å². The normalized spacial score (nSPS) is 32.5. The first-order valence-corrected chi connectivity index (χ1v) is 9.07. The Morgan fingerprint density at radius 3 is 2.75 bits per heavy atom. The molecular weight excluding hydrogens is 302 g/mol. The number of rotatable bonds is 1. The van der Waals surface area contributed by atoms with Crippen LogP contribution in [-0.4, -0.2) is 29.9 Å². The molecule has 2 aliphatic carbocycles. The number of aliphatic imine (C=N–C) groups is 1. The van der Waals surface area contributed by atoms with Crippen LogP contribution in [0.4, 0.5) is 10.5 Å². The molecule has 5 nitrogen and oxygen atoms in total. The van der Waals surface area contributed by atoms with Crippen molar-refractivity contribution in [2.45, 2.75) is 44.7 Å². The summed E-state index contributed by atoms with van der Waals surface area (Å²) in [6.07, 6.45) is 6.32. The number of nitrogens with one attached hydrogen (secondary N) is 1. The van der Waals surface area contributed by atoms with Gasteiger partial charge in [-0.05, 0) is 62.1 Å². The van der Waals surface area contributed by atoms with E-state index in [9.17, 15) is 4.79 Å². The smallest absolute Gasteiger partial charge is 0.410 e. The molecule has 5 aliphatic rings. The third-order valence-corrected chi connectivity index (χ3v) is 6.25. The average molecular weight is 325 g/mol. The van der Waals surface area contributed by atoms with Crippen LogP contribution < -0.4 is 10.1 Å². The molecule has 2 atom stereocenters. The quantitative estimate of drug-likeness (QED) is 0.860. The molecule has 0 aromatic heterocycles. The molecule has 3 heterocycles. The highest BCUT2D eigenvalue weighted by atomic mass is 16.5. The van der Waals surface area contributed by atoms with Crippen LogP contribution in [0.15, 0.2) is 23.2 Å². The molecule has 2 saturated heterocycles. The Bertz CT molecular complexity index is 715. The second-order valence-electron chi connectivity index (χ2n) is 7.79. The molecule has 1 amide bonds. The van der Waals surface area contributed by atoms with E-state index in [-0.39, 0.29) is 0 Å². The molecule has 4 fully saturated rings. The lowest BCUT2D eigenvalue weighted by atomic mass is 9.68. The zero-order valence-electron chi connectivity index (χ0n) is 14.0. The minimum Gasteiger partial charge on any atom is -0.410 e. The Hall–Kier alpha value is -2.04. The maximum absolute atomic E-state index is 11.4. The third-order valence-electron chi connectivity index (χ3n) is 6.25. The van der Waals surface area contributed by atoms with E-state index in [0.29, 0.717) is 17.7 Å². The van der Waals surface area contributed by atoms with E-state index in [1.807, 2.05) is 18.2 Å². The fraction of sp³-hybridized carbons (Fsp3) is 0.579. The van der Waals surface area contributed by atoms with E-state index in [4.69, 9.17) is 9.73 Å². The zero-order chi connectivity index (χ0) is 16.3. The number of ether oxygens (including phenoxy) is 1. The van der Waals surface area contributed by atoms with E-state index >= 15 is 0 Å². The predicted octanol–water partition coefficient (Wildman–Crippen LogP) is 3.46. The van der Waals surface area contributed by atoms with Gasteiger partial charge in [0.05, 0.1) is 5.69 Å². The van der Waals surface area contributed by atoms with Crippen molar-refractivity contribution in [3.63, 3.8) is 0 Å². The monoisotopic (exact) mass is 325 g/mol. The molecule has 6 rings (SSSR count). The van der Waals surface area contributed by atoms with Gasteiger partial charge in [0.25, 0.3) is 0 Å².